The summed E-state index contributed by atoms with van der Waals surface area (Å²) < 4.78 is 6.88. The highest BCUT2D eigenvalue weighted by Gasteiger charge is 2.30. The first-order valence-electron chi connectivity index (χ1n) is 5.81. The van der Waals surface area contributed by atoms with Crippen molar-refractivity contribution in [2.75, 3.05) is 13.2 Å². The summed E-state index contributed by atoms with van der Waals surface area (Å²) in [5.41, 5.74) is 0. The fourth-order valence-corrected chi connectivity index (χ4v) is 3.89. The van der Waals surface area contributed by atoms with Gasteiger partial charge in [-0.3, -0.25) is 0 Å². The highest BCUT2D eigenvalue weighted by molar-refractivity contribution is 9.11. The molecule has 16 heavy (non-hydrogen) atoms. The van der Waals surface area contributed by atoms with E-state index in [9.17, 15) is 0 Å². The van der Waals surface area contributed by atoms with Crippen molar-refractivity contribution < 1.29 is 4.74 Å². The normalized spacial score (nSPS) is 27.2. The molecule has 1 aliphatic heterocycles. The smallest absolute Gasteiger partial charge is 0.0701 e. The minimum absolute atomic E-state index is 0.412. The van der Waals surface area contributed by atoms with E-state index >= 15 is 0 Å². The lowest BCUT2D eigenvalue weighted by Crippen LogP contribution is -2.27. The predicted octanol–water partition coefficient (Wildman–Crippen LogP) is 3.59. The molecule has 1 fully saturated rings. The SMILES string of the molecule is CCNC(c1ccc(Br)s1)C1COC(C)C1. The van der Waals surface area contributed by atoms with Crippen molar-refractivity contribution in [3.05, 3.63) is 20.8 Å². The van der Waals surface area contributed by atoms with Crippen LogP contribution in [0.5, 0.6) is 0 Å². The molecule has 4 heteroatoms. The maximum Gasteiger partial charge on any atom is 0.0701 e. The third-order valence-corrected chi connectivity index (χ3v) is 4.73. The fraction of sp³-hybridized carbons (Fsp3) is 0.667. The lowest BCUT2D eigenvalue weighted by Gasteiger charge is -2.22. The largest absolute Gasteiger partial charge is 0.378 e. The molecule has 0 amide bonds. The van der Waals surface area contributed by atoms with Crippen LogP contribution in [0.1, 0.15) is 31.2 Å². The van der Waals surface area contributed by atoms with Crippen molar-refractivity contribution in [2.45, 2.75) is 32.4 Å². The van der Waals surface area contributed by atoms with Crippen LogP contribution in [0, 0.1) is 5.92 Å². The van der Waals surface area contributed by atoms with Gasteiger partial charge in [-0.15, -0.1) is 11.3 Å². The predicted molar refractivity (Wildman–Crippen MR) is 72.0 cm³/mol. The van der Waals surface area contributed by atoms with Crippen LogP contribution in [-0.2, 0) is 4.74 Å². The zero-order valence-corrected chi connectivity index (χ0v) is 12.1. The van der Waals surface area contributed by atoms with Crippen molar-refractivity contribution in [3.8, 4) is 0 Å². The van der Waals surface area contributed by atoms with Crippen LogP contribution >= 0.6 is 27.3 Å². The van der Waals surface area contributed by atoms with Gasteiger partial charge in [0.15, 0.2) is 0 Å². The number of rotatable bonds is 4. The van der Waals surface area contributed by atoms with Crippen molar-refractivity contribution in [1.29, 1.82) is 0 Å². The van der Waals surface area contributed by atoms with E-state index in [4.69, 9.17) is 4.74 Å². The maximum absolute atomic E-state index is 5.67. The molecule has 0 aromatic carbocycles. The summed E-state index contributed by atoms with van der Waals surface area (Å²) in [5, 5.41) is 3.58. The molecule has 3 unspecified atom stereocenters. The van der Waals surface area contributed by atoms with Gasteiger partial charge < -0.3 is 10.1 Å². The Labute approximate surface area is 110 Å². The van der Waals surface area contributed by atoms with E-state index in [0.717, 1.165) is 19.6 Å². The van der Waals surface area contributed by atoms with E-state index in [0.29, 0.717) is 18.1 Å². The van der Waals surface area contributed by atoms with Crippen LogP contribution in [0.25, 0.3) is 0 Å². The first kappa shape index (κ1) is 12.6. The lowest BCUT2D eigenvalue weighted by atomic mass is 9.95. The zero-order valence-electron chi connectivity index (χ0n) is 9.70. The monoisotopic (exact) mass is 303 g/mol. The Morgan fingerprint density at radius 3 is 2.94 bits per heavy atom. The number of halogens is 1. The summed E-state index contributed by atoms with van der Waals surface area (Å²) in [4.78, 5) is 1.41. The Hall–Kier alpha value is 0.1000. The molecular formula is C12H18BrNOS. The van der Waals surface area contributed by atoms with Gasteiger partial charge in [0.2, 0.25) is 0 Å². The van der Waals surface area contributed by atoms with E-state index in [1.165, 1.54) is 8.66 Å². The van der Waals surface area contributed by atoms with Gasteiger partial charge in [-0.25, -0.2) is 0 Å². The molecule has 0 saturated carbocycles. The molecular weight excluding hydrogens is 286 g/mol. The van der Waals surface area contributed by atoms with Gasteiger partial charge in [0.05, 0.1) is 16.5 Å². The molecule has 1 N–H and O–H groups in total. The first-order chi connectivity index (χ1) is 7.70. The summed E-state index contributed by atoms with van der Waals surface area (Å²) in [6.45, 7) is 6.21. The van der Waals surface area contributed by atoms with E-state index in [1.54, 1.807) is 0 Å². The summed E-state index contributed by atoms with van der Waals surface area (Å²) >= 11 is 5.35. The molecule has 1 aliphatic rings. The summed E-state index contributed by atoms with van der Waals surface area (Å²) in [6.07, 6.45) is 1.57. The number of nitrogens with one attached hydrogen (secondary N) is 1. The van der Waals surface area contributed by atoms with E-state index < -0.39 is 0 Å². The molecule has 2 nitrogen and oxygen atoms in total. The molecule has 90 valence electrons. The van der Waals surface area contributed by atoms with Crippen LogP contribution in [0.2, 0.25) is 0 Å². The zero-order chi connectivity index (χ0) is 11.5. The second-order valence-electron chi connectivity index (χ2n) is 4.32. The molecule has 0 spiro atoms. The van der Waals surface area contributed by atoms with E-state index in [1.807, 2.05) is 11.3 Å². The van der Waals surface area contributed by atoms with Gasteiger partial charge in [-0.1, -0.05) is 6.92 Å². The standard InChI is InChI=1S/C12H18BrNOS/c1-3-14-12(9-6-8(2)15-7-9)10-4-5-11(13)16-10/h4-5,8-9,12,14H,3,6-7H2,1-2H3. The average Bonchev–Trinajstić information content (AvgIpc) is 2.84. The first-order valence-corrected chi connectivity index (χ1v) is 7.42. The van der Waals surface area contributed by atoms with Gasteiger partial charge >= 0.3 is 0 Å². The molecule has 3 atom stereocenters. The summed E-state index contributed by atoms with van der Waals surface area (Å²) in [6, 6.07) is 4.79. The Morgan fingerprint density at radius 1 is 1.62 bits per heavy atom. The van der Waals surface area contributed by atoms with Gasteiger partial charge in [0.1, 0.15) is 0 Å². The lowest BCUT2D eigenvalue weighted by molar-refractivity contribution is 0.117. The second kappa shape index (κ2) is 5.63. The van der Waals surface area contributed by atoms with Crippen LogP contribution in [0.15, 0.2) is 15.9 Å². The topological polar surface area (TPSA) is 21.3 Å². The number of hydrogen-bond donors (Lipinski definition) is 1. The second-order valence-corrected chi connectivity index (χ2v) is 6.81. The molecule has 1 saturated heterocycles. The number of hydrogen-bond acceptors (Lipinski definition) is 3. The van der Waals surface area contributed by atoms with Crippen molar-refractivity contribution in [1.82, 2.24) is 5.32 Å². The Morgan fingerprint density at radius 2 is 2.44 bits per heavy atom. The fourth-order valence-electron chi connectivity index (χ4n) is 2.30. The Balaban J connectivity index is 2.10. The third-order valence-electron chi connectivity index (χ3n) is 3.03. The highest BCUT2D eigenvalue weighted by atomic mass is 79.9. The van der Waals surface area contributed by atoms with E-state index in [-0.39, 0.29) is 0 Å². The quantitative estimate of drug-likeness (QED) is 0.918. The van der Waals surface area contributed by atoms with Crippen molar-refractivity contribution >= 4 is 27.3 Å². The van der Waals surface area contributed by atoms with Gasteiger partial charge in [-0.05, 0) is 48.0 Å². The molecule has 0 radical (unpaired) electrons. The van der Waals surface area contributed by atoms with E-state index in [2.05, 4.69) is 47.2 Å². The molecule has 1 aromatic heterocycles. The highest BCUT2D eigenvalue weighted by Crippen LogP contribution is 2.36. The minimum atomic E-state index is 0.412. The van der Waals surface area contributed by atoms with Crippen LogP contribution in [-0.4, -0.2) is 19.3 Å². The summed E-state index contributed by atoms with van der Waals surface area (Å²) in [7, 11) is 0. The van der Waals surface area contributed by atoms with Gasteiger partial charge in [0, 0.05) is 16.8 Å². The molecule has 0 bridgehead atoms. The Kier molecular flexibility index (Phi) is 4.41. The number of thiophene rings is 1. The average molecular weight is 304 g/mol. The molecule has 1 aromatic rings. The van der Waals surface area contributed by atoms with Gasteiger partial charge in [-0.2, -0.15) is 0 Å². The van der Waals surface area contributed by atoms with Crippen molar-refractivity contribution in [2.24, 2.45) is 5.92 Å². The van der Waals surface area contributed by atoms with Crippen LogP contribution in [0.3, 0.4) is 0 Å². The molecule has 2 rings (SSSR count). The molecule has 0 aliphatic carbocycles. The van der Waals surface area contributed by atoms with Gasteiger partial charge in [0.25, 0.3) is 0 Å². The molecule has 2 heterocycles. The third kappa shape index (κ3) is 2.86. The minimum Gasteiger partial charge on any atom is -0.378 e. The number of ether oxygens (including phenoxy) is 1. The van der Waals surface area contributed by atoms with Crippen LogP contribution in [0.4, 0.5) is 0 Å². The summed E-state index contributed by atoms with van der Waals surface area (Å²) in [5.74, 6) is 0.612. The van der Waals surface area contributed by atoms with Crippen molar-refractivity contribution in [3.63, 3.8) is 0 Å². The maximum atomic E-state index is 5.67. The van der Waals surface area contributed by atoms with Crippen LogP contribution < -0.4 is 5.32 Å². The Bertz CT molecular complexity index is 342.